The zero-order chi connectivity index (χ0) is 23.9. The molecule has 0 aliphatic carbocycles. The average Bonchev–Trinajstić information content (AvgIpc) is 3.29. The molecule has 0 radical (unpaired) electrons. The number of aromatic nitrogens is 1. The van der Waals surface area contributed by atoms with Crippen LogP contribution in [0.5, 0.6) is 11.5 Å². The van der Waals surface area contributed by atoms with Gasteiger partial charge in [0.25, 0.3) is 11.8 Å². The highest BCUT2D eigenvalue weighted by Crippen LogP contribution is 2.29. The Morgan fingerprint density at radius 3 is 2.74 bits per heavy atom. The molecule has 1 aliphatic heterocycles. The summed E-state index contributed by atoms with van der Waals surface area (Å²) in [5.74, 6) is 0.361. The number of hydrogen-bond donors (Lipinski definition) is 1. The van der Waals surface area contributed by atoms with E-state index in [0.29, 0.717) is 48.5 Å². The lowest BCUT2D eigenvalue weighted by Crippen LogP contribution is -2.43. The second kappa shape index (κ2) is 11.1. The Labute approximate surface area is 202 Å². The van der Waals surface area contributed by atoms with Crippen molar-refractivity contribution in [2.75, 3.05) is 45.3 Å². The second-order valence-electron chi connectivity index (χ2n) is 7.90. The molecular weight excluding hydrogens is 454 g/mol. The SMILES string of the molecule is COc1cc(C(=O)Nc2ncc(Cc3cccc(C)c3)s2)ccc1OCC(=O)N1CCOCC1. The van der Waals surface area contributed by atoms with E-state index in [9.17, 15) is 9.59 Å². The molecule has 1 aromatic heterocycles. The van der Waals surface area contributed by atoms with Gasteiger partial charge in [0.15, 0.2) is 23.2 Å². The molecule has 1 N–H and O–H groups in total. The highest BCUT2D eigenvalue weighted by atomic mass is 32.1. The Bertz CT molecular complexity index is 1160. The number of nitrogens with zero attached hydrogens (tertiary/aromatic N) is 2. The Kier molecular flexibility index (Phi) is 7.76. The van der Waals surface area contributed by atoms with Crippen molar-refractivity contribution in [2.45, 2.75) is 13.3 Å². The number of rotatable bonds is 8. The summed E-state index contributed by atoms with van der Waals surface area (Å²) < 4.78 is 16.3. The highest BCUT2D eigenvalue weighted by Gasteiger charge is 2.19. The monoisotopic (exact) mass is 481 g/mol. The molecule has 2 amide bonds. The third-order valence-electron chi connectivity index (χ3n) is 5.38. The van der Waals surface area contributed by atoms with Gasteiger partial charge in [-0.3, -0.25) is 14.9 Å². The molecule has 1 aliphatic rings. The number of amides is 2. The van der Waals surface area contributed by atoms with E-state index in [4.69, 9.17) is 14.2 Å². The van der Waals surface area contributed by atoms with Crippen LogP contribution in [0.15, 0.2) is 48.7 Å². The molecule has 2 aromatic carbocycles. The fraction of sp³-hybridized carbons (Fsp3) is 0.320. The largest absolute Gasteiger partial charge is 0.493 e. The van der Waals surface area contributed by atoms with Crippen LogP contribution in [0.1, 0.15) is 26.4 Å². The number of aryl methyl sites for hydroxylation is 1. The van der Waals surface area contributed by atoms with Crippen LogP contribution < -0.4 is 14.8 Å². The first-order valence-electron chi connectivity index (χ1n) is 11.0. The second-order valence-corrected chi connectivity index (χ2v) is 9.01. The molecule has 2 heterocycles. The van der Waals surface area contributed by atoms with E-state index in [-0.39, 0.29) is 18.4 Å². The predicted octanol–water partition coefficient (Wildman–Crippen LogP) is 3.54. The maximum absolute atomic E-state index is 12.8. The van der Waals surface area contributed by atoms with Crippen LogP contribution in [-0.2, 0) is 16.0 Å². The van der Waals surface area contributed by atoms with Crippen LogP contribution in [0.25, 0.3) is 0 Å². The predicted molar refractivity (Wildman–Crippen MR) is 130 cm³/mol. The van der Waals surface area contributed by atoms with Gasteiger partial charge in [-0.05, 0) is 30.7 Å². The van der Waals surface area contributed by atoms with Crippen molar-refractivity contribution in [1.82, 2.24) is 9.88 Å². The maximum Gasteiger partial charge on any atom is 0.260 e. The van der Waals surface area contributed by atoms with Gasteiger partial charge >= 0.3 is 0 Å². The fourth-order valence-corrected chi connectivity index (χ4v) is 4.45. The molecule has 0 bridgehead atoms. The lowest BCUT2D eigenvalue weighted by molar-refractivity contribution is -0.137. The zero-order valence-electron chi connectivity index (χ0n) is 19.2. The molecule has 0 atom stereocenters. The summed E-state index contributed by atoms with van der Waals surface area (Å²) in [6, 6.07) is 13.2. The minimum absolute atomic E-state index is 0.106. The topological polar surface area (TPSA) is 90.0 Å². The zero-order valence-corrected chi connectivity index (χ0v) is 20.0. The first-order valence-corrected chi connectivity index (χ1v) is 11.8. The Hall–Kier alpha value is -3.43. The first kappa shape index (κ1) is 23.7. The van der Waals surface area contributed by atoms with Gasteiger partial charge in [-0.2, -0.15) is 0 Å². The number of nitrogens with one attached hydrogen (secondary N) is 1. The molecule has 34 heavy (non-hydrogen) atoms. The summed E-state index contributed by atoms with van der Waals surface area (Å²) in [4.78, 5) is 32.2. The quantitative estimate of drug-likeness (QED) is 0.529. The van der Waals surface area contributed by atoms with Crippen molar-refractivity contribution in [3.63, 3.8) is 0 Å². The van der Waals surface area contributed by atoms with Gasteiger partial charge in [-0.1, -0.05) is 29.8 Å². The van der Waals surface area contributed by atoms with Crippen molar-refractivity contribution in [2.24, 2.45) is 0 Å². The number of ether oxygens (including phenoxy) is 3. The number of carbonyl (C=O) groups excluding carboxylic acids is 2. The van der Waals surface area contributed by atoms with E-state index >= 15 is 0 Å². The number of benzene rings is 2. The fourth-order valence-electron chi connectivity index (χ4n) is 3.61. The molecule has 0 spiro atoms. The molecule has 8 nitrogen and oxygen atoms in total. The third kappa shape index (κ3) is 6.12. The minimum Gasteiger partial charge on any atom is -0.493 e. The Morgan fingerprint density at radius 1 is 1.15 bits per heavy atom. The van der Waals surface area contributed by atoms with Crippen LogP contribution in [0.4, 0.5) is 5.13 Å². The van der Waals surface area contributed by atoms with E-state index in [0.717, 1.165) is 11.3 Å². The van der Waals surface area contributed by atoms with E-state index < -0.39 is 0 Å². The normalized spacial score (nSPS) is 13.4. The molecule has 1 saturated heterocycles. The van der Waals surface area contributed by atoms with E-state index in [1.165, 1.54) is 29.6 Å². The maximum atomic E-state index is 12.8. The average molecular weight is 482 g/mol. The van der Waals surface area contributed by atoms with Crippen molar-refractivity contribution < 1.29 is 23.8 Å². The molecule has 1 fully saturated rings. The smallest absolute Gasteiger partial charge is 0.260 e. The van der Waals surface area contributed by atoms with E-state index in [1.54, 1.807) is 29.3 Å². The van der Waals surface area contributed by atoms with E-state index in [1.807, 2.05) is 6.07 Å². The van der Waals surface area contributed by atoms with Crippen LogP contribution in [0.3, 0.4) is 0 Å². The standard InChI is InChI=1S/C25H27N3O5S/c1-17-4-3-5-18(12-17)13-20-15-26-25(34-20)27-24(30)19-6-7-21(22(14-19)31-2)33-16-23(29)28-8-10-32-11-9-28/h3-7,12,14-15H,8-11,13,16H2,1-2H3,(H,26,27,30). The molecular formula is C25H27N3O5S. The highest BCUT2D eigenvalue weighted by molar-refractivity contribution is 7.15. The van der Waals surface area contributed by atoms with Crippen molar-refractivity contribution in [3.8, 4) is 11.5 Å². The summed E-state index contributed by atoms with van der Waals surface area (Å²) in [5.41, 5.74) is 2.82. The number of anilines is 1. The van der Waals surface area contributed by atoms with Crippen LogP contribution in [0, 0.1) is 6.92 Å². The Balaban J connectivity index is 1.36. The molecule has 3 aromatic rings. The van der Waals surface area contributed by atoms with Crippen molar-refractivity contribution in [1.29, 1.82) is 0 Å². The summed E-state index contributed by atoms with van der Waals surface area (Å²) >= 11 is 1.44. The van der Waals surface area contributed by atoms with Gasteiger partial charge in [0.2, 0.25) is 0 Å². The van der Waals surface area contributed by atoms with E-state index in [2.05, 4.69) is 35.4 Å². The van der Waals surface area contributed by atoms with Crippen LogP contribution in [-0.4, -0.2) is 61.7 Å². The molecule has 9 heteroatoms. The summed E-state index contributed by atoms with van der Waals surface area (Å²) in [7, 11) is 1.49. The minimum atomic E-state index is -0.300. The van der Waals surface area contributed by atoms with Gasteiger partial charge in [-0.25, -0.2) is 4.98 Å². The van der Waals surface area contributed by atoms with Crippen molar-refractivity contribution in [3.05, 3.63) is 70.2 Å². The molecule has 0 saturated carbocycles. The van der Waals surface area contributed by atoms with Gasteiger partial charge in [0, 0.05) is 36.1 Å². The van der Waals surface area contributed by atoms with Crippen LogP contribution >= 0.6 is 11.3 Å². The van der Waals surface area contributed by atoms with Gasteiger partial charge in [0.1, 0.15) is 0 Å². The summed E-state index contributed by atoms with van der Waals surface area (Å²) in [5, 5.41) is 3.37. The number of morpholine rings is 1. The lowest BCUT2D eigenvalue weighted by Gasteiger charge is -2.26. The molecule has 4 rings (SSSR count). The number of methoxy groups -OCH3 is 1. The Morgan fingerprint density at radius 2 is 1.97 bits per heavy atom. The number of thiazole rings is 1. The number of carbonyl (C=O) groups is 2. The van der Waals surface area contributed by atoms with Gasteiger partial charge in [0.05, 0.1) is 20.3 Å². The summed E-state index contributed by atoms with van der Waals surface area (Å²) in [6.07, 6.45) is 2.55. The number of hydrogen-bond acceptors (Lipinski definition) is 7. The van der Waals surface area contributed by atoms with Gasteiger partial charge < -0.3 is 19.1 Å². The van der Waals surface area contributed by atoms with Gasteiger partial charge in [-0.15, -0.1) is 11.3 Å². The summed E-state index contributed by atoms with van der Waals surface area (Å²) in [6.45, 7) is 4.14. The van der Waals surface area contributed by atoms with Crippen molar-refractivity contribution >= 4 is 28.3 Å². The molecule has 178 valence electrons. The third-order valence-corrected chi connectivity index (χ3v) is 6.29. The van der Waals surface area contributed by atoms with Crippen LogP contribution in [0.2, 0.25) is 0 Å². The first-order chi connectivity index (χ1) is 16.5. The molecule has 0 unspecified atom stereocenters. The lowest BCUT2D eigenvalue weighted by atomic mass is 10.1.